The molecule has 0 aliphatic heterocycles. The van der Waals surface area contributed by atoms with Crippen LogP contribution >= 0.6 is 23.3 Å². The topological polar surface area (TPSA) is 54.0 Å². The summed E-state index contributed by atoms with van der Waals surface area (Å²) in [5.41, 5.74) is 2.02. The zero-order valence-corrected chi connectivity index (χ0v) is 14.1. The second kappa shape index (κ2) is 8.14. The molecule has 1 aromatic heterocycles. The van der Waals surface area contributed by atoms with E-state index in [1.807, 2.05) is 13.0 Å². The molecule has 4 nitrogen and oxygen atoms in total. The predicted octanol–water partition coefficient (Wildman–Crippen LogP) is 3.30. The molecule has 0 bridgehead atoms. The summed E-state index contributed by atoms with van der Waals surface area (Å²) in [6.07, 6.45) is 0. The number of hydrogen-bond donors (Lipinski definition) is 2. The molecule has 0 spiro atoms. The Morgan fingerprint density at radius 1 is 1.41 bits per heavy atom. The molecule has 2 N–H and O–H groups in total. The molecule has 0 saturated carbocycles. The zero-order chi connectivity index (χ0) is 15.9. The summed E-state index contributed by atoms with van der Waals surface area (Å²) < 4.78 is 17.6. The van der Waals surface area contributed by atoms with E-state index in [-0.39, 0.29) is 11.7 Å². The zero-order valence-electron chi connectivity index (χ0n) is 12.5. The van der Waals surface area contributed by atoms with Gasteiger partial charge in [-0.05, 0) is 30.1 Å². The van der Waals surface area contributed by atoms with Gasteiger partial charge in [-0.3, -0.25) is 4.79 Å². The van der Waals surface area contributed by atoms with Crippen LogP contribution in [0.5, 0.6) is 0 Å². The van der Waals surface area contributed by atoms with Crippen LogP contribution in [0, 0.1) is 12.7 Å². The van der Waals surface area contributed by atoms with Crippen molar-refractivity contribution in [2.24, 2.45) is 0 Å². The summed E-state index contributed by atoms with van der Waals surface area (Å²) in [4.78, 5) is 12.1. The molecule has 0 fully saturated rings. The van der Waals surface area contributed by atoms with E-state index in [0.29, 0.717) is 23.4 Å². The number of benzene rings is 1. The van der Waals surface area contributed by atoms with Crippen molar-refractivity contribution in [3.8, 4) is 0 Å². The van der Waals surface area contributed by atoms with Crippen molar-refractivity contribution in [2.75, 3.05) is 24.7 Å². The van der Waals surface area contributed by atoms with E-state index >= 15 is 0 Å². The molecule has 2 rings (SSSR count). The van der Waals surface area contributed by atoms with Gasteiger partial charge in [0.15, 0.2) is 0 Å². The minimum Gasteiger partial charge on any atom is -0.378 e. The molecule has 0 saturated heterocycles. The lowest BCUT2D eigenvalue weighted by Crippen LogP contribution is -2.26. The maximum absolute atomic E-state index is 13.4. The molecular formula is C15H18FN3OS2. The van der Waals surface area contributed by atoms with Gasteiger partial charge < -0.3 is 10.6 Å². The number of rotatable bonds is 7. The smallest absolute Gasteiger partial charge is 0.256 e. The molecule has 1 heterocycles. The Balaban J connectivity index is 1.76. The summed E-state index contributed by atoms with van der Waals surface area (Å²) in [7, 11) is 1.77. The number of carbonyl (C=O) groups excluding carboxylic acids is 1. The number of amides is 1. The van der Waals surface area contributed by atoms with Crippen LogP contribution in [0.25, 0.3) is 0 Å². The van der Waals surface area contributed by atoms with Crippen molar-refractivity contribution in [3.63, 3.8) is 0 Å². The van der Waals surface area contributed by atoms with Crippen LogP contribution in [-0.4, -0.2) is 29.6 Å². The van der Waals surface area contributed by atoms with Gasteiger partial charge in [-0.1, -0.05) is 18.2 Å². The Morgan fingerprint density at radius 2 is 2.18 bits per heavy atom. The van der Waals surface area contributed by atoms with Gasteiger partial charge in [0, 0.05) is 25.1 Å². The van der Waals surface area contributed by atoms with Gasteiger partial charge in [-0.15, -0.1) is 0 Å². The van der Waals surface area contributed by atoms with Gasteiger partial charge in [-0.2, -0.15) is 16.1 Å². The van der Waals surface area contributed by atoms with Crippen LogP contribution in [0.15, 0.2) is 24.3 Å². The molecule has 0 aliphatic rings. The lowest BCUT2D eigenvalue weighted by molar-refractivity contribution is 0.0956. The van der Waals surface area contributed by atoms with Crippen molar-refractivity contribution in [3.05, 3.63) is 46.9 Å². The first kappa shape index (κ1) is 16.8. The van der Waals surface area contributed by atoms with Crippen LogP contribution in [0.1, 0.15) is 21.6 Å². The van der Waals surface area contributed by atoms with Gasteiger partial charge in [-0.25, -0.2) is 4.39 Å². The highest BCUT2D eigenvalue weighted by atomic mass is 32.2. The maximum atomic E-state index is 13.4. The van der Waals surface area contributed by atoms with Crippen LogP contribution in [0.2, 0.25) is 0 Å². The largest absolute Gasteiger partial charge is 0.378 e. The molecule has 22 heavy (non-hydrogen) atoms. The van der Waals surface area contributed by atoms with Crippen LogP contribution in [-0.2, 0) is 5.75 Å². The fourth-order valence-electron chi connectivity index (χ4n) is 1.93. The summed E-state index contributed by atoms with van der Waals surface area (Å²) in [6, 6.07) is 6.75. The van der Waals surface area contributed by atoms with Crippen LogP contribution < -0.4 is 10.6 Å². The number of nitrogens with one attached hydrogen (secondary N) is 2. The van der Waals surface area contributed by atoms with Crippen LogP contribution in [0.3, 0.4) is 0 Å². The van der Waals surface area contributed by atoms with Crippen molar-refractivity contribution < 1.29 is 9.18 Å². The first-order valence-electron chi connectivity index (χ1n) is 6.87. The quantitative estimate of drug-likeness (QED) is 0.760. The highest BCUT2D eigenvalue weighted by Crippen LogP contribution is 2.23. The summed E-state index contributed by atoms with van der Waals surface area (Å²) in [5.74, 6) is 1.02. The average Bonchev–Trinajstić information content (AvgIpc) is 2.89. The van der Waals surface area contributed by atoms with Gasteiger partial charge in [0.1, 0.15) is 10.8 Å². The van der Waals surface area contributed by atoms with Crippen molar-refractivity contribution in [1.29, 1.82) is 0 Å². The summed E-state index contributed by atoms with van der Waals surface area (Å²) >= 11 is 2.87. The lowest BCUT2D eigenvalue weighted by atomic mass is 10.2. The fourth-order valence-corrected chi connectivity index (χ4v) is 3.52. The van der Waals surface area contributed by atoms with Gasteiger partial charge in [0.2, 0.25) is 0 Å². The first-order valence-corrected chi connectivity index (χ1v) is 8.79. The van der Waals surface area contributed by atoms with Crippen LogP contribution in [0.4, 0.5) is 9.39 Å². The van der Waals surface area contributed by atoms with Gasteiger partial charge in [0.05, 0.1) is 11.3 Å². The van der Waals surface area contributed by atoms with E-state index in [9.17, 15) is 9.18 Å². The highest BCUT2D eigenvalue weighted by Gasteiger charge is 2.16. The predicted molar refractivity (Wildman–Crippen MR) is 91.3 cm³/mol. The number of halogens is 1. The number of anilines is 1. The third-order valence-electron chi connectivity index (χ3n) is 3.06. The highest BCUT2D eigenvalue weighted by molar-refractivity contribution is 7.98. The number of nitrogens with zero attached hydrogens (tertiary/aromatic N) is 1. The second-order valence-electron chi connectivity index (χ2n) is 4.62. The number of aromatic nitrogens is 1. The van der Waals surface area contributed by atoms with Gasteiger partial charge in [0.25, 0.3) is 5.91 Å². The van der Waals surface area contributed by atoms with E-state index < -0.39 is 0 Å². The van der Waals surface area contributed by atoms with E-state index in [1.165, 1.54) is 17.6 Å². The molecule has 118 valence electrons. The molecule has 7 heteroatoms. The van der Waals surface area contributed by atoms with Crippen molar-refractivity contribution >= 4 is 34.2 Å². The fraction of sp³-hybridized carbons (Fsp3) is 0.333. The molecular weight excluding hydrogens is 321 g/mol. The Bertz CT molecular complexity index is 645. The number of carbonyl (C=O) groups is 1. The Labute approximate surface area is 137 Å². The van der Waals surface area contributed by atoms with Crippen molar-refractivity contribution in [1.82, 2.24) is 9.69 Å². The van der Waals surface area contributed by atoms with E-state index in [2.05, 4.69) is 15.0 Å². The lowest BCUT2D eigenvalue weighted by Gasteiger charge is -2.07. The first-order chi connectivity index (χ1) is 10.6. The van der Waals surface area contributed by atoms with E-state index in [4.69, 9.17) is 0 Å². The van der Waals surface area contributed by atoms with Crippen molar-refractivity contribution in [2.45, 2.75) is 12.7 Å². The minimum absolute atomic E-state index is 0.123. The monoisotopic (exact) mass is 339 g/mol. The number of hydrogen-bond acceptors (Lipinski definition) is 5. The molecule has 2 aromatic rings. The normalized spacial score (nSPS) is 10.5. The van der Waals surface area contributed by atoms with Gasteiger partial charge >= 0.3 is 0 Å². The molecule has 1 amide bonds. The summed E-state index contributed by atoms with van der Waals surface area (Å²) in [5, 5.41) is 6.62. The molecule has 0 unspecified atom stereocenters. The minimum atomic E-state index is -0.183. The maximum Gasteiger partial charge on any atom is 0.256 e. The third kappa shape index (κ3) is 4.20. The Hall–Kier alpha value is -1.60. The Kier molecular flexibility index (Phi) is 6.21. The molecule has 0 radical (unpaired) electrons. The molecule has 0 atom stereocenters. The number of thioether (sulfide) groups is 1. The molecule has 1 aromatic carbocycles. The average molecular weight is 339 g/mol. The SMILES string of the molecule is CNc1snc(C)c1C(=O)NCCSCc1ccccc1F. The summed E-state index contributed by atoms with van der Waals surface area (Å²) in [6.45, 7) is 2.36. The third-order valence-corrected chi connectivity index (χ3v) is 5.03. The van der Waals surface area contributed by atoms with E-state index in [1.54, 1.807) is 30.9 Å². The molecule has 0 aliphatic carbocycles. The standard InChI is InChI=1S/C15H18FN3OS2/c1-10-13(15(17-2)22-19-10)14(20)18-7-8-21-9-11-5-3-4-6-12(11)16/h3-6,17H,7-9H2,1-2H3,(H,18,20). The van der Waals surface area contributed by atoms with E-state index in [0.717, 1.165) is 16.4 Å². The Morgan fingerprint density at radius 3 is 2.91 bits per heavy atom. The number of aryl methyl sites for hydroxylation is 1. The second-order valence-corrected chi connectivity index (χ2v) is 6.50.